The molecule has 0 radical (unpaired) electrons. The lowest BCUT2D eigenvalue weighted by molar-refractivity contribution is -0.137. The van der Waals surface area contributed by atoms with Crippen LogP contribution in [0, 0.1) is 0 Å². The Labute approximate surface area is 63.3 Å². The minimum atomic E-state index is -2.95. The lowest BCUT2D eigenvalue weighted by atomic mass is 10.2. The molecular weight excluding hydrogens is 118 g/mol. The van der Waals surface area contributed by atoms with E-state index in [1.165, 1.54) is 0 Å². The summed E-state index contributed by atoms with van der Waals surface area (Å²) in [6.07, 6.45) is -6.80. The van der Waals surface area contributed by atoms with Gasteiger partial charge in [0.1, 0.15) is 0 Å². The number of hydrogen-bond acceptors (Lipinski definition) is 2. The molecule has 0 aliphatic heterocycles. The van der Waals surface area contributed by atoms with E-state index in [0.717, 1.165) is 0 Å². The molecule has 54 valence electrons. The van der Waals surface area contributed by atoms with Crippen molar-refractivity contribution in [3.8, 4) is 0 Å². The summed E-state index contributed by atoms with van der Waals surface area (Å²) in [6.45, 7) is -2.87. The van der Waals surface area contributed by atoms with E-state index in [9.17, 15) is 4.79 Å². The first-order valence-corrected chi connectivity index (χ1v) is 2.42. The summed E-state index contributed by atoms with van der Waals surface area (Å²) < 4.78 is 42.9. The number of rotatable bonds is 5. The fourth-order valence-electron chi connectivity index (χ4n) is 0.283. The minimum Gasteiger partial charge on any atom is -0.481 e. The van der Waals surface area contributed by atoms with Crippen LogP contribution in [0.5, 0.6) is 0 Å². The second-order valence-corrected chi connectivity index (χ2v) is 1.34. The Morgan fingerprint density at radius 3 is 2.78 bits per heavy atom. The van der Waals surface area contributed by atoms with Crippen LogP contribution in [0.25, 0.3) is 0 Å². The van der Waals surface area contributed by atoms with Crippen molar-refractivity contribution in [3.63, 3.8) is 0 Å². The van der Waals surface area contributed by atoms with E-state index >= 15 is 0 Å². The van der Waals surface area contributed by atoms with Crippen molar-refractivity contribution in [1.82, 2.24) is 0 Å². The lowest BCUT2D eigenvalue weighted by Crippen LogP contribution is -1.99. The van der Waals surface area contributed by atoms with E-state index in [2.05, 4.69) is 0 Å². The maximum Gasteiger partial charge on any atom is 0.303 e. The summed E-state index contributed by atoms with van der Waals surface area (Å²) in [5.74, 6) is -1.27. The van der Waals surface area contributed by atoms with Gasteiger partial charge in [-0.2, -0.15) is 0 Å². The molecule has 0 unspecified atom stereocenters. The maximum absolute atomic E-state index is 10.2. The third-order valence-corrected chi connectivity index (χ3v) is 0.624. The van der Waals surface area contributed by atoms with E-state index in [0.29, 0.717) is 0 Å². The van der Waals surface area contributed by atoms with Gasteiger partial charge < -0.3 is 10.8 Å². The van der Waals surface area contributed by atoms with E-state index < -0.39 is 38.1 Å². The van der Waals surface area contributed by atoms with Gasteiger partial charge in [0.15, 0.2) is 0 Å². The smallest absolute Gasteiger partial charge is 0.303 e. The Morgan fingerprint density at radius 1 is 1.67 bits per heavy atom. The van der Waals surface area contributed by atoms with Crippen LogP contribution >= 0.6 is 0 Å². The molecule has 0 aliphatic rings. The van der Waals surface area contributed by atoms with Crippen molar-refractivity contribution >= 4 is 5.97 Å². The average Bonchev–Trinajstić information content (AvgIpc) is 1.98. The van der Waals surface area contributed by atoms with Crippen LogP contribution in [0.4, 0.5) is 0 Å². The number of carbonyl (C=O) groups is 1. The molecule has 0 fully saturated rings. The van der Waals surface area contributed by atoms with Crippen LogP contribution < -0.4 is 5.73 Å². The van der Waals surface area contributed by atoms with Gasteiger partial charge in [0.25, 0.3) is 0 Å². The molecular formula is C6H13NO2. The Bertz CT molecular complexity index is 248. The fraction of sp³-hybridized carbons (Fsp3) is 0.833. The van der Waals surface area contributed by atoms with E-state index in [-0.39, 0.29) is 0 Å². The summed E-state index contributed by atoms with van der Waals surface area (Å²) in [5, 5.41) is 8.33. The van der Waals surface area contributed by atoms with E-state index in [4.69, 9.17) is 19.1 Å². The summed E-state index contributed by atoms with van der Waals surface area (Å²) >= 11 is 0. The monoisotopic (exact) mass is 137 g/mol. The highest BCUT2D eigenvalue weighted by Gasteiger charge is 1.94. The van der Waals surface area contributed by atoms with Gasteiger partial charge in [-0.05, 0) is 19.3 Å². The zero-order chi connectivity index (χ0) is 12.5. The predicted molar refractivity (Wildman–Crippen MR) is 35.2 cm³/mol. The highest BCUT2D eigenvalue weighted by molar-refractivity contribution is 5.66. The highest BCUT2D eigenvalue weighted by atomic mass is 16.4. The molecule has 0 aromatic carbocycles. The molecule has 0 amide bonds. The number of aliphatic carboxylic acids is 1. The standard InChI is InChI=1S/C6H13NO2/c7-5-3-1-2-4-6(8)9/h1-5,7H2,(H,8,9)/i1D2,3D2,5D2. The molecule has 0 atom stereocenters. The summed E-state index contributed by atoms with van der Waals surface area (Å²) in [7, 11) is 0. The normalized spacial score (nSPS) is 24.1. The van der Waals surface area contributed by atoms with Crippen molar-refractivity contribution in [2.24, 2.45) is 5.73 Å². The van der Waals surface area contributed by atoms with Crippen LogP contribution in [0.3, 0.4) is 0 Å². The van der Waals surface area contributed by atoms with Gasteiger partial charge in [0, 0.05) is 14.6 Å². The Balaban J connectivity index is 4.77. The van der Waals surface area contributed by atoms with Crippen LogP contribution in [0.2, 0.25) is 0 Å². The zero-order valence-corrected chi connectivity index (χ0v) is 4.85. The minimum absolute atomic E-state index is 0.581. The van der Waals surface area contributed by atoms with Crippen molar-refractivity contribution in [2.75, 3.05) is 6.50 Å². The Hall–Kier alpha value is -0.570. The lowest BCUT2D eigenvalue weighted by Gasteiger charge is -1.93. The highest BCUT2D eigenvalue weighted by Crippen LogP contribution is 1.97. The molecule has 0 saturated carbocycles. The van der Waals surface area contributed by atoms with Crippen LogP contribution in [0.15, 0.2) is 0 Å². The molecule has 0 aromatic heterocycles. The molecule has 0 aliphatic carbocycles. The maximum atomic E-state index is 10.2. The van der Waals surface area contributed by atoms with Gasteiger partial charge >= 0.3 is 5.97 Å². The number of carboxylic acid groups (broad SMARTS) is 1. The summed E-state index contributed by atoms with van der Waals surface area (Å²) in [6, 6.07) is 0. The predicted octanol–water partition coefficient (Wildman–Crippen LogP) is 0.590. The van der Waals surface area contributed by atoms with Crippen LogP contribution in [-0.4, -0.2) is 17.6 Å². The third-order valence-electron chi connectivity index (χ3n) is 0.624. The second-order valence-electron chi connectivity index (χ2n) is 1.34. The van der Waals surface area contributed by atoms with E-state index in [1.807, 2.05) is 0 Å². The third kappa shape index (κ3) is 7.43. The Morgan fingerprint density at radius 2 is 2.33 bits per heavy atom. The molecule has 3 nitrogen and oxygen atoms in total. The topological polar surface area (TPSA) is 63.3 Å². The molecule has 0 saturated heterocycles. The SMILES string of the molecule is [2H]C([2H])(N)C([2H])([2H])C([2H])([2H])CCC(=O)O. The first-order chi connectivity index (χ1) is 6.42. The van der Waals surface area contributed by atoms with Crippen LogP contribution in [-0.2, 0) is 4.79 Å². The van der Waals surface area contributed by atoms with Gasteiger partial charge in [-0.1, -0.05) is 6.37 Å². The first-order valence-electron chi connectivity index (χ1n) is 5.42. The van der Waals surface area contributed by atoms with Crippen LogP contribution in [0.1, 0.15) is 33.8 Å². The number of nitrogens with two attached hydrogens (primary N) is 1. The number of hydrogen-bond donors (Lipinski definition) is 2. The van der Waals surface area contributed by atoms with Crippen molar-refractivity contribution in [1.29, 1.82) is 0 Å². The molecule has 3 heteroatoms. The fourth-order valence-corrected chi connectivity index (χ4v) is 0.283. The van der Waals surface area contributed by atoms with Gasteiger partial charge in [0.05, 0.1) is 0 Å². The molecule has 0 heterocycles. The van der Waals surface area contributed by atoms with E-state index in [1.54, 1.807) is 0 Å². The van der Waals surface area contributed by atoms with Crippen molar-refractivity contribution in [3.05, 3.63) is 0 Å². The summed E-state index contributed by atoms with van der Waals surface area (Å²) in [5.41, 5.74) is 4.88. The van der Waals surface area contributed by atoms with Crippen molar-refractivity contribution < 1.29 is 18.1 Å². The van der Waals surface area contributed by atoms with Gasteiger partial charge in [-0.25, -0.2) is 0 Å². The molecule has 9 heavy (non-hydrogen) atoms. The first kappa shape index (κ1) is 2.58. The van der Waals surface area contributed by atoms with Gasteiger partial charge in [0.2, 0.25) is 0 Å². The van der Waals surface area contributed by atoms with Gasteiger partial charge in [-0.3, -0.25) is 4.79 Å². The molecule has 0 aromatic rings. The van der Waals surface area contributed by atoms with Crippen molar-refractivity contribution in [2.45, 2.75) is 25.6 Å². The quantitative estimate of drug-likeness (QED) is 0.583. The Kier molecular flexibility index (Phi) is 1.60. The largest absolute Gasteiger partial charge is 0.481 e. The second kappa shape index (κ2) is 5.56. The molecule has 0 bridgehead atoms. The summed E-state index contributed by atoms with van der Waals surface area (Å²) in [4.78, 5) is 10.2. The average molecular weight is 137 g/mol. The van der Waals surface area contributed by atoms with Gasteiger partial charge in [-0.15, -0.1) is 0 Å². The zero-order valence-electron chi connectivity index (χ0n) is 10.8. The number of carboxylic acids is 1. The molecule has 0 rings (SSSR count). The molecule has 3 N–H and O–H groups in total. The molecule has 0 spiro atoms.